The topological polar surface area (TPSA) is 171 Å². The van der Waals surface area contributed by atoms with Gasteiger partial charge in [-0.1, -0.05) is 0 Å². The fraction of sp³-hybridized carbons (Fsp3) is 0.588. The minimum absolute atomic E-state index is 0.140. The van der Waals surface area contributed by atoms with Crippen LogP contribution in [-0.2, 0) is 9.59 Å². The summed E-state index contributed by atoms with van der Waals surface area (Å²) >= 11 is 0. The van der Waals surface area contributed by atoms with Gasteiger partial charge in [-0.25, -0.2) is 19.9 Å². The van der Waals surface area contributed by atoms with Crippen LogP contribution in [0.4, 0.5) is 11.6 Å². The number of hydrogen-bond donors (Lipinski definition) is 4. The number of aliphatic hydroxyl groups is 2. The van der Waals surface area contributed by atoms with E-state index in [1.165, 1.54) is 0 Å². The first-order valence-electron chi connectivity index (χ1n) is 17.1. The number of H-pyrrole nitrogens is 2. The van der Waals surface area contributed by atoms with E-state index in [2.05, 4.69) is 53.8 Å². The number of anilines is 2. The van der Waals surface area contributed by atoms with E-state index < -0.39 is 0 Å². The van der Waals surface area contributed by atoms with Crippen molar-refractivity contribution in [3.05, 3.63) is 37.2 Å². The van der Waals surface area contributed by atoms with Gasteiger partial charge in [0.1, 0.15) is 48.8 Å². The van der Waals surface area contributed by atoms with Gasteiger partial charge in [-0.2, -0.15) is 0 Å². The SMILES string of the molecule is CN(c1ncnc2[nH]ccc12)[C@@H]1CC[C@H]2CN(C(=O)CO)CC2C1.CN(c1ncnc2[nH]ccc12)[C@H]1CC[C@H]2CN(C(=O)CO)CC2C1. The Balaban J connectivity index is 0.000000152. The molecule has 14 nitrogen and oxygen atoms in total. The minimum Gasteiger partial charge on any atom is -0.387 e. The number of likely N-dealkylation sites (tertiary alicyclic amines) is 2. The largest absolute Gasteiger partial charge is 0.387 e. The standard InChI is InChI=1S/2C17H23N5O2/c2*1-21(17-14-4-5-18-16(14)19-10-20-17)13-3-2-11-7-22(15(24)9-23)8-12(11)6-13/h2*4-5,10-13,23H,2-3,6-9H2,1H3,(H,18,19,20)/t11-,12?,13+;11-,12?,13-/m00/s1. The molecule has 4 N–H and O–H groups in total. The van der Waals surface area contributed by atoms with Crippen LogP contribution in [0.15, 0.2) is 37.2 Å². The third-order valence-electron chi connectivity index (χ3n) is 11.4. The fourth-order valence-corrected chi connectivity index (χ4v) is 8.75. The van der Waals surface area contributed by atoms with Gasteiger partial charge in [0.25, 0.3) is 0 Å². The van der Waals surface area contributed by atoms with Gasteiger partial charge in [0.15, 0.2) is 0 Å². The highest BCUT2D eigenvalue weighted by Crippen LogP contribution is 2.40. The quantitative estimate of drug-likeness (QED) is 0.240. The zero-order valence-corrected chi connectivity index (χ0v) is 27.7. The summed E-state index contributed by atoms with van der Waals surface area (Å²) in [7, 11) is 4.21. The van der Waals surface area contributed by atoms with Crippen molar-refractivity contribution in [1.82, 2.24) is 39.7 Å². The number of nitrogens with one attached hydrogen (secondary N) is 2. The average Bonchev–Trinajstić information content (AvgIpc) is 3.94. The molecule has 0 radical (unpaired) electrons. The van der Waals surface area contributed by atoms with E-state index in [0.717, 1.165) is 98.4 Å². The van der Waals surface area contributed by atoms with Gasteiger partial charge in [0.05, 0.1) is 10.8 Å². The molecule has 2 amide bonds. The van der Waals surface area contributed by atoms with Crippen LogP contribution in [0, 0.1) is 23.7 Å². The number of amides is 2. The van der Waals surface area contributed by atoms with Crippen molar-refractivity contribution in [2.45, 2.75) is 50.6 Å². The van der Waals surface area contributed by atoms with Crippen LogP contribution in [0.3, 0.4) is 0 Å². The van der Waals surface area contributed by atoms with Crippen LogP contribution in [-0.4, -0.2) is 127 Å². The Hall–Kier alpha value is -4.30. The van der Waals surface area contributed by atoms with Crippen LogP contribution in [0.1, 0.15) is 38.5 Å². The normalized spacial score (nSPS) is 26.6. The monoisotopic (exact) mass is 658 g/mol. The lowest BCUT2D eigenvalue weighted by molar-refractivity contribution is -0.134. The predicted octanol–water partition coefficient (Wildman–Crippen LogP) is 2.03. The number of hydrogen-bond acceptors (Lipinski definition) is 10. The lowest BCUT2D eigenvalue weighted by Gasteiger charge is -2.37. The van der Waals surface area contributed by atoms with Gasteiger partial charge >= 0.3 is 0 Å². The number of rotatable bonds is 6. The first-order chi connectivity index (χ1) is 23.3. The molecule has 2 saturated carbocycles. The Kier molecular flexibility index (Phi) is 9.19. The van der Waals surface area contributed by atoms with Gasteiger partial charge in [-0.15, -0.1) is 0 Å². The first kappa shape index (κ1) is 32.3. The third kappa shape index (κ3) is 6.18. The van der Waals surface area contributed by atoms with E-state index in [9.17, 15) is 9.59 Å². The van der Waals surface area contributed by atoms with Crippen LogP contribution in [0.25, 0.3) is 22.1 Å². The summed E-state index contributed by atoms with van der Waals surface area (Å²) in [5, 5.41) is 20.3. The van der Waals surface area contributed by atoms with Gasteiger partial charge in [-0.3, -0.25) is 9.59 Å². The maximum Gasteiger partial charge on any atom is 0.248 e. The van der Waals surface area contributed by atoms with Crippen molar-refractivity contribution < 1.29 is 19.8 Å². The van der Waals surface area contributed by atoms with Crippen molar-refractivity contribution in [1.29, 1.82) is 0 Å². The molecule has 4 aliphatic rings. The zero-order valence-electron chi connectivity index (χ0n) is 27.7. The molecule has 6 atom stereocenters. The smallest absolute Gasteiger partial charge is 0.248 e. The summed E-state index contributed by atoms with van der Waals surface area (Å²) in [5.41, 5.74) is 1.72. The van der Waals surface area contributed by atoms with Crippen LogP contribution in [0.5, 0.6) is 0 Å². The summed E-state index contributed by atoms with van der Waals surface area (Å²) in [6.07, 6.45) is 13.6. The number of carbonyl (C=O) groups is 2. The predicted molar refractivity (Wildman–Crippen MR) is 181 cm³/mol. The van der Waals surface area contributed by atoms with Crippen LogP contribution >= 0.6 is 0 Å². The molecule has 14 heteroatoms. The summed E-state index contributed by atoms with van der Waals surface area (Å²) in [6, 6.07) is 4.88. The molecule has 0 spiro atoms. The molecule has 2 unspecified atom stereocenters. The van der Waals surface area contributed by atoms with E-state index in [4.69, 9.17) is 10.2 Å². The molecule has 8 rings (SSSR count). The van der Waals surface area contributed by atoms with Gasteiger partial charge in [0.2, 0.25) is 11.8 Å². The number of aromatic amines is 2. The molecule has 6 heterocycles. The van der Waals surface area contributed by atoms with Crippen molar-refractivity contribution in [3.8, 4) is 0 Å². The highest BCUT2D eigenvalue weighted by atomic mass is 16.3. The molecule has 2 aliphatic heterocycles. The van der Waals surface area contributed by atoms with E-state index in [0.29, 0.717) is 35.8 Å². The second kappa shape index (κ2) is 13.7. The molecule has 256 valence electrons. The zero-order chi connectivity index (χ0) is 33.4. The van der Waals surface area contributed by atoms with Crippen LogP contribution < -0.4 is 9.80 Å². The fourth-order valence-electron chi connectivity index (χ4n) is 8.75. The molecule has 2 saturated heterocycles. The van der Waals surface area contributed by atoms with E-state index in [1.807, 2.05) is 34.3 Å². The first-order valence-corrected chi connectivity index (χ1v) is 17.1. The maximum absolute atomic E-state index is 11.8. The lowest BCUT2D eigenvalue weighted by atomic mass is 9.78. The summed E-state index contributed by atoms with van der Waals surface area (Å²) in [4.78, 5) is 55.5. The van der Waals surface area contributed by atoms with Gasteiger partial charge < -0.3 is 39.8 Å². The summed E-state index contributed by atoms with van der Waals surface area (Å²) in [6.45, 7) is 2.39. The second-order valence-corrected chi connectivity index (χ2v) is 14.0. The van der Waals surface area contributed by atoms with Crippen molar-refractivity contribution in [2.24, 2.45) is 23.7 Å². The number of aliphatic hydroxyl groups excluding tert-OH is 2. The summed E-state index contributed by atoms with van der Waals surface area (Å²) < 4.78 is 0. The molecule has 0 bridgehead atoms. The van der Waals surface area contributed by atoms with Gasteiger partial charge in [0, 0.05) is 64.8 Å². The minimum atomic E-state index is -0.380. The molecular formula is C34H46N10O4. The third-order valence-corrected chi connectivity index (χ3v) is 11.4. The van der Waals surface area contributed by atoms with Crippen LogP contribution in [0.2, 0.25) is 0 Å². The number of fused-ring (bicyclic) bond motifs is 4. The van der Waals surface area contributed by atoms with Crippen molar-refractivity contribution in [3.63, 3.8) is 0 Å². The van der Waals surface area contributed by atoms with E-state index in [1.54, 1.807) is 12.7 Å². The van der Waals surface area contributed by atoms with Crippen molar-refractivity contribution in [2.75, 3.05) is 63.3 Å². The van der Waals surface area contributed by atoms with E-state index >= 15 is 0 Å². The Bertz CT molecular complexity index is 1620. The molecule has 4 aromatic rings. The highest BCUT2D eigenvalue weighted by Gasteiger charge is 2.41. The Morgan fingerprint density at radius 3 is 1.52 bits per heavy atom. The molecule has 0 aromatic carbocycles. The van der Waals surface area contributed by atoms with E-state index in [-0.39, 0.29) is 25.0 Å². The number of nitrogens with zero attached hydrogens (tertiary/aromatic N) is 8. The molecule has 4 fully saturated rings. The van der Waals surface area contributed by atoms with Gasteiger partial charge in [-0.05, 0) is 74.3 Å². The number of aromatic nitrogens is 6. The summed E-state index contributed by atoms with van der Waals surface area (Å²) in [5.74, 6) is 3.83. The maximum atomic E-state index is 11.8. The highest BCUT2D eigenvalue weighted by molar-refractivity contribution is 5.88. The molecule has 48 heavy (non-hydrogen) atoms. The average molecular weight is 659 g/mol. The second-order valence-electron chi connectivity index (χ2n) is 14.0. The molecule has 4 aromatic heterocycles. The lowest BCUT2D eigenvalue weighted by Crippen LogP contribution is -2.39. The molecule has 2 aliphatic carbocycles. The number of carbonyl (C=O) groups excluding carboxylic acids is 2. The molecular weight excluding hydrogens is 612 g/mol. The Labute approximate surface area is 279 Å². The Morgan fingerprint density at radius 1 is 0.688 bits per heavy atom. The Morgan fingerprint density at radius 2 is 1.10 bits per heavy atom. The van der Waals surface area contributed by atoms with Crippen molar-refractivity contribution >= 4 is 45.5 Å².